The Hall–Kier alpha value is -2.64. The minimum Gasteiger partial charge on any atom is -0.361 e. The summed E-state index contributed by atoms with van der Waals surface area (Å²) in [6.07, 6.45) is 4.86. The molecule has 1 aliphatic heterocycles. The number of nitrogens with zero attached hydrogens (tertiary/aromatic N) is 4. The van der Waals surface area contributed by atoms with Crippen molar-refractivity contribution < 1.29 is 9.32 Å². The summed E-state index contributed by atoms with van der Waals surface area (Å²) in [5.41, 5.74) is 0.228. The zero-order valence-electron chi connectivity index (χ0n) is 13.9. The fourth-order valence-electron chi connectivity index (χ4n) is 2.87. The van der Waals surface area contributed by atoms with Crippen LogP contribution < -0.4 is 15.8 Å². The van der Waals surface area contributed by atoms with E-state index in [1.165, 1.54) is 0 Å². The molecule has 0 aliphatic carbocycles. The highest BCUT2D eigenvalue weighted by atomic mass is 16.5. The first kappa shape index (κ1) is 16.2. The summed E-state index contributed by atoms with van der Waals surface area (Å²) in [5, 5.41) is 6.69. The van der Waals surface area contributed by atoms with Crippen LogP contribution >= 0.6 is 0 Å². The molecular weight excluding hydrogens is 310 g/mol. The summed E-state index contributed by atoms with van der Waals surface area (Å²) in [6, 6.07) is 1.67. The number of anilines is 1. The van der Waals surface area contributed by atoms with E-state index in [4.69, 9.17) is 4.52 Å². The summed E-state index contributed by atoms with van der Waals surface area (Å²) < 4.78 is 6.56. The maximum Gasteiger partial charge on any atom is 0.293 e. The second-order valence-electron chi connectivity index (χ2n) is 5.90. The molecule has 1 N–H and O–H groups in total. The van der Waals surface area contributed by atoms with Crippen molar-refractivity contribution in [3.8, 4) is 0 Å². The van der Waals surface area contributed by atoms with Gasteiger partial charge in [0.1, 0.15) is 5.76 Å². The van der Waals surface area contributed by atoms with Crippen LogP contribution in [0, 0.1) is 6.92 Å². The molecule has 128 valence electrons. The van der Waals surface area contributed by atoms with Crippen LogP contribution in [0.15, 0.2) is 27.8 Å². The number of nitrogens with one attached hydrogen (secondary N) is 1. The van der Waals surface area contributed by atoms with Crippen molar-refractivity contribution in [2.75, 3.05) is 18.0 Å². The van der Waals surface area contributed by atoms with Crippen LogP contribution in [0.25, 0.3) is 0 Å². The van der Waals surface area contributed by atoms with E-state index < -0.39 is 0 Å². The summed E-state index contributed by atoms with van der Waals surface area (Å²) in [6.45, 7) is 5.66. The zero-order chi connectivity index (χ0) is 17.1. The number of piperidine rings is 1. The Balaban J connectivity index is 1.60. The zero-order valence-corrected chi connectivity index (χ0v) is 13.9. The number of rotatable bonds is 4. The molecule has 1 aliphatic rings. The lowest BCUT2D eigenvalue weighted by Gasteiger charge is -2.32. The fourth-order valence-corrected chi connectivity index (χ4v) is 2.87. The van der Waals surface area contributed by atoms with E-state index in [1.807, 2.05) is 11.8 Å². The number of carbonyl (C=O) groups excluding carboxylic acids is 1. The normalized spacial score (nSPS) is 15.5. The van der Waals surface area contributed by atoms with Crippen molar-refractivity contribution in [3.05, 3.63) is 40.3 Å². The van der Waals surface area contributed by atoms with Crippen LogP contribution in [-0.2, 0) is 6.54 Å². The van der Waals surface area contributed by atoms with E-state index in [1.54, 1.807) is 30.0 Å². The van der Waals surface area contributed by atoms with Crippen molar-refractivity contribution in [2.45, 2.75) is 39.3 Å². The van der Waals surface area contributed by atoms with Gasteiger partial charge in [-0.2, -0.15) is 0 Å². The van der Waals surface area contributed by atoms with Crippen LogP contribution in [0.1, 0.15) is 36.0 Å². The number of hydrogen-bond acceptors (Lipinski definition) is 6. The van der Waals surface area contributed by atoms with Crippen molar-refractivity contribution in [1.82, 2.24) is 20.0 Å². The lowest BCUT2D eigenvalue weighted by molar-refractivity contribution is 0.0922. The monoisotopic (exact) mass is 331 g/mol. The molecule has 0 bridgehead atoms. The summed E-state index contributed by atoms with van der Waals surface area (Å²) in [7, 11) is 0. The van der Waals surface area contributed by atoms with Crippen LogP contribution in [-0.4, -0.2) is 39.7 Å². The molecule has 24 heavy (non-hydrogen) atoms. The second-order valence-corrected chi connectivity index (χ2v) is 5.90. The lowest BCUT2D eigenvalue weighted by Crippen LogP contribution is -2.46. The molecular formula is C16H21N5O3. The Morgan fingerprint density at radius 2 is 2.17 bits per heavy atom. The molecule has 0 aromatic carbocycles. The number of aromatic nitrogens is 3. The van der Waals surface area contributed by atoms with Gasteiger partial charge in [-0.25, -0.2) is 4.98 Å². The standard InChI is InChI=1S/C16H21N5O3/c1-3-20-9-6-17-14(16(20)23)21-7-4-12(5-8-21)18-15(22)13-10-11(2)24-19-13/h6,9-10,12H,3-5,7-8H2,1-2H3,(H,18,22). The molecule has 0 saturated carbocycles. The molecule has 3 rings (SSSR count). The average Bonchev–Trinajstić information content (AvgIpc) is 3.03. The van der Waals surface area contributed by atoms with Gasteiger partial charge in [-0.15, -0.1) is 0 Å². The topological polar surface area (TPSA) is 93.3 Å². The van der Waals surface area contributed by atoms with Gasteiger partial charge in [-0.3, -0.25) is 9.59 Å². The first-order chi connectivity index (χ1) is 11.6. The number of amides is 1. The Morgan fingerprint density at radius 1 is 1.42 bits per heavy atom. The number of carbonyl (C=O) groups is 1. The molecule has 0 unspecified atom stereocenters. The van der Waals surface area contributed by atoms with E-state index in [0.717, 1.165) is 12.8 Å². The molecule has 2 aromatic rings. The predicted molar refractivity (Wildman–Crippen MR) is 88.1 cm³/mol. The molecule has 3 heterocycles. The highest BCUT2D eigenvalue weighted by Crippen LogP contribution is 2.15. The highest BCUT2D eigenvalue weighted by Gasteiger charge is 2.24. The maximum absolute atomic E-state index is 12.3. The third-order valence-electron chi connectivity index (χ3n) is 4.23. The second kappa shape index (κ2) is 6.86. The van der Waals surface area contributed by atoms with Crippen molar-refractivity contribution in [3.63, 3.8) is 0 Å². The van der Waals surface area contributed by atoms with E-state index in [2.05, 4.69) is 15.5 Å². The van der Waals surface area contributed by atoms with Gasteiger partial charge < -0.3 is 19.3 Å². The van der Waals surface area contributed by atoms with E-state index in [-0.39, 0.29) is 17.5 Å². The van der Waals surface area contributed by atoms with E-state index in [9.17, 15) is 9.59 Å². The van der Waals surface area contributed by atoms with E-state index >= 15 is 0 Å². The van der Waals surface area contributed by atoms with Gasteiger partial charge in [0.15, 0.2) is 11.5 Å². The summed E-state index contributed by atoms with van der Waals surface area (Å²) >= 11 is 0. The van der Waals surface area contributed by atoms with Gasteiger partial charge >= 0.3 is 0 Å². The molecule has 8 nitrogen and oxygen atoms in total. The Labute approximate surface area is 139 Å². The SMILES string of the molecule is CCn1ccnc(N2CCC(NC(=O)c3cc(C)on3)CC2)c1=O. The third-order valence-corrected chi connectivity index (χ3v) is 4.23. The molecule has 0 spiro atoms. The molecule has 1 amide bonds. The Bertz CT molecular complexity index is 774. The van der Waals surface area contributed by atoms with Crippen LogP contribution in [0.3, 0.4) is 0 Å². The van der Waals surface area contributed by atoms with Gasteiger partial charge in [-0.05, 0) is 26.7 Å². The highest BCUT2D eigenvalue weighted by molar-refractivity contribution is 5.92. The van der Waals surface area contributed by atoms with Gasteiger partial charge in [0.05, 0.1) is 0 Å². The summed E-state index contributed by atoms with van der Waals surface area (Å²) in [5.74, 6) is 0.866. The Morgan fingerprint density at radius 3 is 2.79 bits per heavy atom. The van der Waals surface area contributed by atoms with Crippen LogP contribution in [0.5, 0.6) is 0 Å². The molecule has 0 radical (unpaired) electrons. The maximum atomic E-state index is 12.3. The average molecular weight is 331 g/mol. The molecule has 2 aromatic heterocycles. The minimum atomic E-state index is -0.225. The van der Waals surface area contributed by atoms with Gasteiger partial charge in [0.2, 0.25) is 0 Å². The molecule has 1 fully saturated rings. The van der Waals surface area contributed by atoms with E-state index in [0.29, 0.717) is 36.9 Å². The quantitative estimate of drug-likeness (QED) is 0.897. The largest absolute Gasteiger partial charge is 0.361 e. The van der Waals surface area contributed by atoms with Gasteiger partial charge in [0.25, 0.3) is 11.5 Å². The van der Waals surface area contributed by atoms with Crippen LogP contribution in [0.2, 0.25) is 0 Å². The van der Waals surface area contributed by atoms with Crippen molar-refractivity contribution >= 4 is 11.7 Å². The van der Waals surface area contributed by atoms with Crippen molar-refractivity contribution in [1.29, 1.82) is 0 Å². The fraction of sp³-hybridized carbons (Fsp3) is 0.500. The Kier molecular flexibility index (Phi) is 4.64. The first-order valence-electron chi connectivity index (χ1n) is 8.13. The van der Waals surface area contributed by atoms with Crippen molar-refractivity contribution in [2.24, 2.45) is 0 Å². The number of hydrogen-bond donors (Lipinski definition) is 1. The number of aryl methyl sites for hydroxylation is 2. The smallest absolute Gasteiger partial charge is 0.293 e. The first-order valence-corrected chi connectivity index (χ1v) is 8.13. The summed E-state index contributed by atoms with van der Waals surface area (Å²) in [4.78, 5) is 30.6. The predicted octanol–water partition coefficient (Wildman–Crippen LogP) is 0.958. The molecule has 8 heteroatoms. The lowest BCUT2D eigenvalue weighted by atomic mass is 10.0. The third kappa shape index (κ3) is 3.32. The molecule has 1 saturated heterocycles. The molecule has 0 atom stereocenters. The van der Waals surface area contributed by atoms with Crippen LogP contribution in [0.4, 0.5) is 5.82 Å². The van der Waals surface area contributed by atoms with Gasteiger partial charge in [0, 0.05) is 44.1 Å². The van der Waals surface area contributed by atoms with Gasteiger partial charge in [-0.1, -0.05) is 5.16 Å². The minimum absolute atomic E-state index is 0.0582.